The lowest BCUT2D eigenvalue weighted by atomic mass is 10.4. The maximum atomic E-state index is 2.71. The van der Waals surface area contributed by atoms with Crippen LogP contribution < -0.4 is 0 Å². The number of hydrogen-bond donors (Lipinski definition) is 0. The van der Waals surface area contributed by atoms with Crippen molar-refractivity contribution in [3.63, 3.8) is 0 Å². The summed E-state index contributed by atoms with van der Waals surface area (Å²) < 4.78 is 0.468. The van der Waals surface area contributed by atoms with Crippen molar-refractivity contribution in [2.75, 3.05) is 0 Å². The SMILES string of the molecule is C[Si](C)(C)C1=CC([Si](C)(C)C)([Si](C)(C)C)C=C1. The molecule has 17 heavy (non-hydrogen) atoms. The third-order valence-electron chi connectivity index (χ3n) is 4.26. The summed E-state index contributed by atoms with van der Waals surface area (Å²) in [5.74, 6) is 0. The molecule has 0 aromatic carbocycles. The molecule has 0 saturated carbocycles. The second-order valence-corrected chi connectivity index (χ2v) is 24.8. The van der Waals surface area contributed by atoms with Crippen molar-refractivity contribution in [2.45, 2.75) is 63.6 Å². The van der Waals surface area contributed by atoms with Crippen molar-refractivity contribution in [3.05, 3.63) is 23.4 Å². The van der Waals surface area contributed by atoms with Crippen LogP contribution in [-0.4, -0.2) is 24.2 Å². The lowest BCUT2D eigenvalue weighted by Gasteiger charge is -2.47. The lowest BCUT2D eigenvalue weighted by molar-refractivity contribution is 1.09. The molecule has 0 aromatic heterocycles. The molecule has 3 heteroatoms. The zero-order chi connectivity index (χ0) is 13.7. The molecule has 1 aliphatic carbocycles. The summed E-state index contributed by atoms with van der Waals surface area (Å²) in [5.41, 5.74) is 0. The Balaban J connectivity index is 3.36. The van der Waals surface area contributed by atoms with Crippen LogP contribution >= 0.6 is 0 Å². The number of hydrogen-bond acceptors (Lipinski definition) is 0. The molecule has 0 amide bonds. The van der Waals surface area contributed by atoms with E-state index in [1.807, 2.05) is 0 Å². The van der Waals surface area contributed by atoms with Crippen molar-refractivity contribution < 1.29 is 0 Å². The maximum Gasteiger partial charge on any atom is 0.0771 e. The van der Waals surface area contributed by atoms with E-state index in [0.717, 1.165) is 0 Å². The topological polar surface area (TPSA) is 0 Å². The molecule has 98 valence electrons. The minimum absolute atomic E-state index is 0.468. The van der Waals surface area contributed by atoms with Gasteiger partial charge in [-0.25, -0.2) is 0 Å². The summed E-state index contributed by atoms with van der Waals surface area (Å²) in [7, 11) is -3.57. The molecular weight excluding hydrogens is 252 g/mol. The van der Waals surface area contributed by atoms with Crippen molar-refractivity contribution in [1.82, 2.24) is 0 Å². The Morgan fingerprint density at radius 1 is 0.765 bits per heavy atom. The van der Waals surface area contributed by atoms with E-state index in [9.17, 15) is 0 Å². The van der Waals surface area contributed by atoms with Gasteiger partial charge in [0.2, 0.25) is 0 Å². The van der Waals surface area contributed by atoms with Crippen LogP contribution in [0.25, 0.3) is 0 Å². The first kappa shape index (κ1) is 15.2. The molecule has 0 saturated heterocycles. The summed E-state index contributed by atoms with van der Waals surface area (Å²) in [6.07, 6.45) is 7.78. The highest BCUT2D eigenvalue weighted by Crippen LogP contribution is 2.53. The van der Waals surface area contributed by atoms with Crippen LogP contribution in [0.3, 0.4) is 0 Å². The zero-order valence-electron chi connectivity index (χ0n) is 13.2. The van der Waals surface area contributed by atoms with Crippen LogP contribution in [0.1, 0.15) is 0 Å². The normalized spacial score (nSPS) is 20.6. The van der Waals surface area contributed by atoms with Crippen molar-refractivity contribution in [2.24, 2.45) is 0 Å². The Hall–Kier alpha value is 0.131. The van der Waals surface area contributed by atoms with Crippen LogP contribution in [0.5, 0.6) is 0 Å². The Morgan fingerprint density at radius 2 is 1.18 bits per heavy atom. The van der Waals surface area contributed by atoms with Crippen molar-refractivity contribution in [1.29, 1.82) is 0 Å². The largest absolute Gasteiger partial charge is 0.0807 e. The summed E-state index contributed by atoms with van der Waals surface area (Å²) in [4.78, 5) is 0. The van der Waals surface area contributed by atoms with E-state index >= 15 is 0 Å². The lowest BCUT2D eigenvalue weighted by Crippen LogP contribution is -2.51. The first-order chi connectivity index (χ1) is 7.31. The maximum absolute atomic E-state index is 2.71. The first-order valence-corrected chi connectivity index (χ1v) is 17.2. The molecule has 0 spiro atoms. The second-order valence-electron chi connectivity index (χ2n) is 8.55. The monoisotopic (exact) mass is 282 g/mol. The van der Waals surface area contributed by atoms with Crippen LogP contribution in [0, 0.1) is 0 Å². The van der Waals surface area contributed by atoms with Gasteiger partial charge in [0.15, 0.2) is 0 Å². The van der Waals surface area contributed by atoms with E-state index in [1.165, 1.54) is 0 Å². The van der Waals surface area contributed by atoms with Crippen molar-refractivity contribution >= 4 is 24.2 Å². The molecule has 1 aliphatic rings. The molecule has 0 atom stereocenters. The van der Waals surface area contributed by atoms with E-state index < -0.39 is 24.2 Å². The van der Waals surface area contributed by atoms with Gasteiger partial charge in [-0.1, -0.05) is 82.3 Å². The summed E-state index contributed by atoms with van der Waals surface area (Å²) >= 11 is 0. The van der Waals surface area contributed by atoms with Gasteiger partial charge in [-0.15, -0.1) is 0 Å². The molecule has 0 aliphatic heterocycles. The summed E-state index contributed by atoms with van der Waals surface area (Å²) in [6.45, 7) is 22.6. The predicted molar refractivity (Wildman–Crippen MR) is 90.0 cm³/mol. The smallest absolute Gasteiger partial charge is 0.0771 e. The van der Waals surface area contributed by atoms with Gasteiger partial charge in [0.25, 0.3) is 0 Å². The average molecular weight is 283 g/mol. The van der Waals surface area contributed by atoms with Crippen molar-refractivity contribution in [3.8, 4) is 0 Å². The van der Waals surface area contributed by atoms with E-state index in [2.05, 4.69) is 77.2 Å². The molecular formula is C14H30Si3. The highest BCUT2D eigenvalue weighted by atomic mass is 28.4. The van der Waals surface area contributed by atoms with Crippen LogP contribution in [0.2, 0.25) is 63.6 Å². The van der Waals surface area contributed by atoms with Gasteiger partial charge < -0.3 is 0 Å². The molecule has 0 N–H and O–H groups in total. The molecule has 0 nitrogen and oxygen atoms in total. The van der Waals surface area contributed by atoms with E-state index in [4.69, 9.17) is 0 Å². The molecule has 0 radical (unpaired) electrons. The molecule has 0 bridgehead atoms. The molecule has 0 unspecified atom stereocenters. The first-order valence-electron chi connectivity index (χ1n) is 6.74. The third-order valence-corrected chi connectivity index (χ3v) is 16.4. The van der Waals surface area contributed by atoms with Gasteiger partial charge in [-0.2, -0.15) is 0 Å². The predicted octanol–water partition coefficient (Wildman–Crippen LogP) is 5.32. The minimum atomic E-state index is -1.21. The van der Waals surface area contributed by atoms with E-state index in [-0.39, 0.29) is 0 Å². The standard InChI is InChI=1S/C14H30Si3/c1-15(2,3)13-10-11-14(12-13,16(4,5)6)17(7,8)9/h10-12H,1-9H3. The molecule has 0 heterocycles. The van der Waals surface area contributed by atoms with Gasteiger partial charge in [-0.3, -0.25) is 0 Å². The van der Waals surface area contributed by atoms with Gasteiger partial charge in [-0.05, 0) is 4.66 Å². The minimum Gasteiger partial charge on any atom is -0.0807 e. The third kappa shape index (κ3) is 2.61. The summed E-state index contributed by atoms with van der Waals surface area (Å²) in [5, 5.41) is 1.68. The fourth-order valence-electron chi connectivity index (χ4n) is 3.09. The quantitative estimate of drug-likeness (QED) is 0.615. The highest BCUT2D eigenvalue weighted by Gasteiger charge is 2.51. The van der Waals surface area contributed by atoms with E-state index in [0.29, 0.717) is 4.66 Å². The molecule has 1 rings (SSSR count). The van der Waals surface area contributed by atoms with Crippen LogP contribution in [0.4, 0.5) is 0 Å². The van der Waals surface area contributed by atoms with Gasteiger partial charge in [0.1, 0.15) is 0 Å². The number of allylic oxidation sites excluding steroid dienone is 4. The van der Waals surface area contributed by atoms with Gasteiger partial charge in [0.05, 0.1) is 24.2 Å². The second kappa shape index (κ2) is 4.07. The Bertz CT molecular complexity index is 342. The fourth-order valence-corrected chi connectivity index (χ4v) is 16.0. The van der Waals surface area contributed by atoms with Crippen LogP contribution in [-0.2, 0) is 0 Å². The molecule has 0 fully saturated rings. The number of rotatable bonds is 3. The van der Waals surface area contributed by atoms with Gasteiger partial charge >= 0.3 is 0 Å². The summed E-state index contributed by atoms with van der Waals surface area (Å²) in [6, 6.07) is 0. The Morgan fingerprint density at radius 3 is 1.35 bits per heavy atom. The molecule has 0 aromatic rings. The zero-order valence-corrected chi connectivity index (χ0v) is 16.2. The fraction of sp³-hybridized carbons (Fsp3) is 0.714. The van der Waals surface area contributed by atoms with Gasteiger partial charge in [0, 0.05) is 0 Å². The average Bonchev–Trinajstić information content (AvgIpc) is 2.43. The van der Waals surface area contributed by atoms with Crippen LogP contribution in [0.15, 0.2) is 23.4 Å². The Kier molecular flexibility index (Phi) is 3.63. The highest BCUT2D eigenvalue weighted by molar-refractivity contribution is 7.00. The Labute approximate surface area is 111 Å². The van der Waals surface area contributed by atoms with E-state index in [1.54, 1.807) is 5.20 Å².